The summed E-state index contributed by atoms with van der Waals surface area (Å²) in [4.78, 5) is 11.3. The van der Waals surface area contributed by atoms with E-state index in [-0.39, 0.29) is 12.1 Å². The number of hydrogen-bond donors (Lipinski definition) is 0. The average Bonchev–Trinajstić information content (AvgIpc) is 2.17. The van der Waals surface area contributed by atoms with E-state index in [4.69, 9.17) is 4.74 Å². The number of hydrogen-bond acceptors (Lipinski definition) is 2. The standard InChI is InChI=1S/C13H26O2/c1-4-6-7-8-9-11-13(14)15-12(3)10-5-2/h12H,4-11H2,1-3H3/t12-/m1/s1. The molecule has 0 rings (SSSR count). The van der Waals surface area contributed by atoms with Gasteiger partial charge in [0, 0.05) is 6.42 Å². The van der Waals surface area contributed by atoms with Crippen LogP contribution in [0.4, 0.5) is 0 Å². The molecule has 0 amide bonds. The lowest BCUT2D eigenvalue weighted by Gasteiger charge is -2.11. The van der Waals surface area contributed by atoms with Gasteiger partial charge in [0.2, 0.25) is 0 Å². The Labute approximate surface area is 94.4 Å². The first kappa shape index (κ1) is 14.5. The second-order valence-corrected chi connectivity index (χ2v) is 4.25. The highest BCUT2D eigenvalue weighted by molar-refractivity contribution is 5.69. The molecule has 0 bridgehead atoms. The molecule has 0 radical (unpaired) electrons. The number of ether oxygens (including phenoxy) is 1. The molecule has 0 unspecified atom stereocenters. The van der Waals surface area contributed by atoms with Crippen LogP contribution >= 0.6 is 0 Å². The Morgan fingerprint density at radius 2 is 1.73 bits per heavy atom. The van der Waals surface area contributed by atoms with Gasteiger partial charge in [-0.15, -0.1) is 0 Å². The van der Waals surface area contributed by atoms with E-state index in [1.165, 1.54) is 19.3 Å². The molecule has 0 aromatic rings. The number of rotatable bonds is 9. The van der Waals surface area contributed by atoms with Crippen molar-refractivity contribution in [2.24, 2.45) is 0 Å². The third kappa shape index (κ3) is 9.77. The first-order valence-electron chi connectivity index (χ1n) is 6.40. The molecule has 0 fully saturated rings. The molecule has 90 valence electrons. The molecular formula is C13H26O2. The summed E-state index contributed by atoms with van der Waals surface area (Å²) < 4.78 is 5.26. The lowest BCUT2D eigenvalue weighted by atomic mass is 10.1. The number of carbonyl (C=O) groups is 1. The Hall–Kier alpha value is -0.530. The molecule has 0 N–H and O–H groups in total. The lowest BCUT2D eigenvalue weighted by Crippen LogP contribution is -2.14. The predicted molar refractivity (Wildman–Crippen MR) is 63.8 cm³/mol. The lowest BCUT2D eigenvalue weighted by molar-refractivity contribution is -0.148. The molecule has 0 aliphatic rings. The van der Waals surface area contributed by atoms with E-state index in [0.29, 0.717) is 6.42 Å². The molecule has 0 spiro atoms. The van der Waals surface area contributed by atoms with Gasteiger partial charge >= 0.3 is 5.97 Å². The number of esters is 1. The zero-order valence-corrected chi connectivity index (χ0v) is 10.6. The highest BCUT2D eigenvalue weighted by atomic mass is 16.5. The summed E-state index contributed by atoms with van der Waals surface area (Å²) in [5, 5.41) is 0. The zero-order valence-electron chi connectivity index (χ0n) is 10.6. The third-order valence-electron chi connectivity index (χ3n) is 2.51. The minimum absolute atomic E-state index is 0.0209. The van der Waals surface area contributed by atoms with Crippen LogP contribution in [0.1, 0.15) is 72.1 Å². The fraction of sp³-hybridized carbons (Fsp3) is 0.923. The second kappa shape index (κ2) is 10.0. The van der Waals surface area contributed by atoms with Crippen LogP contribution < -0.4 is 0 Å². The van der Waals surface area contributed by atoms with Gasteiger partial charge in [-0.3, -0.25) is 4.79 Å². The van der Waals surface area contributed by atoms with Gasteiger partial charge in [0.25, 0.3) is 0 Å². The molecule has 0 saturated carbocycles. The van der Waals surface area contributed by atoms with E-state index in [1.807, 2.05) is 6.92 Å². The van der Waals surface area contributed by atoms with E-state index in [2.05, 4.69) is 13.8 Å². The maximum atomic E-state index is 11.3. The quantitative estimate of drug-likeness (QED) is 0.427. The van der Waals surface area contributed by atoms with Crippen LogP contribution in [0.25, 0.3) is 0 Å². The van der Waals surface area contributed by atoms with Crippen molar-refractivity contribution in [2.45, 2.75) is 78.2 Å². The molecular weight excluding hydrogens is 188 g/mol. The minimum atomic E-state index is -0.0209. The number of carbonyl (C=O) groups excluding carboxylic acids is 1. The van der Waals surface area contributed by atoms with Crippen LogP contribution in [0.5, 0.6) is 0 Å². The molecule has 0 heterocycles. The molecule has 0 saturated heterocycles. The fourth-order valence-electron chi connectivity index (χ4n) is 1.62. The van der Waals surface area contributed by atoms with Crippen LogP contribution in [0.2, 0.25) is 0 Å². The van der Waals surface area contributed by atoms with Crippen molar-refractivity contribution in [3.8, 4) is 0 Å². The highest BCUT2D eigenvalue weighted by Crippen LogP contribution is 2.08. The van der Waals surface area contributed by atoms with Crippen molar-refractivity contribution in [1.82, 2.24) is 0 Å². The summed E-state index contributed by atoms with van der Waals surface area (Å²) in [6, 6.07) is 0. The molecule has 0 aliphatic heterocycles. The maximum Gasteiger partial charge on any atom is 0.306 e. The first-order chi connectivity index (χ1) is 7.20. The van der Waals surface area contributed by atoms with Crippen LogP contribution in [0, 0.1) is 0 Å². The van der Waals surface area contributed by atoms with Gasteiger partial charge in [-0.1, -0.05) is 46.0 Å². The zero-order chi connectivity index (χ0) is 11.5. The van der Waals surface area contributed by atoms with Gasteiger partial charge in [-0.2, -0.15) is 0 Å². The predicted octanol–water partition coefficient (Wildman–Crippen LogP) is 4.08. The summed E-state index contributed by atoms with van der Waals surface area (Å²) in [5.74, 6) is -0.0209. The van der Waals surface area contributed by atoms with Crippen molar-refractivity contribution < 1.29 is 9.53 Å². The topological polar surface area (TPSA) is 26.3 Å². The van der Waals surface area contributed by atoms with Crippen LogP contribution in [0.15, 0.2) is 0 Å². The molecule has 0 aliphatic carbocycles. The highest BCUT2D eigenvalue weighted by Gasteiger charge is 2.07. The van der Waals surface area contributed by atoms with Crippen molar-refractivity contribution in [1.29, 1.82) is 0 Å². The molecule has 2 heteroatoms. The Balaban J connectivity index is 3.32. The smallest absolute Gasteiger partial charge is 0.306 e. The van der Waals surface area contributed by atoms with Gasteiger partial charge in [0.05, 0.1) is 6.10 Å². The van der Waals surface area contributed by atoms with E-state index in [9.17, 15) is 4.79 Å². The Morgan fingerprint density at radius 3 is 2.33 bits per heavy atom. The minimum Gasteiger partial charge on any atom is -0.463 e. The number of unbranched alkanes of at least 4 members (excludes halogenated alkanes) is 4. The normalized spacial score (nSPS) is 12.5. The monoisotopic (exact) mass is 214 g/mol. The van der Waals surface area contributed by atoms with Crippen molar-refractivity contribution in [2.75, 3.05) is 0 Å². The second-order valence-electron chi connectivity index (χ2n) is 4.25. The summed E-state index contributed by atoms with van der Waals surface area (Å²) in [5.41, 5.74) is 0. The van der Waals surface area contributed by atoms with E-state index in [0.717, 1.165) is 25.7 Å². The summed E-state index contributed by atoms with van der Waals surface area (Å²) in [6.45, 7) is 6.27. The van der Waals surface area contributed by atoms with E-state index in [1.54, 1.807) is 0 Å². The fourth-order valence-corrected chi connectivity index (χ4v) is 1.62. The third-order valence-corrected chi connectivity index (χ3v) is 2.51. The van der Waals surface area contributed by atoms with Crippen molar-refractivity contribution in [3.63, 3.8) is 0 Å². The molecule has 2 nitrogen and oxygen atoms in total. The largest absolute Gasteiger partial charge is 0.463 e. The maximum absolute atomic E-state index is 11.3. The SMILES string of the molecule is CCCCCCCC(=O)O[C@H](C)CCC. The Morgan fingerprint density at radius 1 is 1.07 bits per heavy atom. The molecule has 0 aromatic carbocycles. The summed E-state index contributed by atoms with van der Waals surface area (Å²) in [7, 11) is 0. The molecule has 0 aromatic heterocycles. The van der Waals surface area contributed by atoms with Crippen molar-refractivity contribution >= 4 is 5.97 Å². The Kier molecular flexibility index (Phi) is 9.65. The summed E-state index contributed by atoms with van der Waals surface area (Å²) in [6.07, 6.45) is 8.65. The first-order valence-corrected chi connectivity index (χ1v) is 6.40. The van der Waals surface area contributed by atoms with Crippen LogP contribution in [-0.4, -0.2) is 12.1 Å². The summed E-state index contributed by atoms with van der Waals surface area (Å²) >= 11 is 0. The van der Waals surface area contributed by atoms with E-state index < -0.39 is 0 Å². The van der Waals surface area contributed by atoms with Crippen LogP contribution in [-0.2, 0) is 9.53 Å². The average molecular weight is 214 g/mol. The van der Waals surface area contributed by atoms with Crippen molar-refractivity contribution in [3.05, 3.63) is 0 Å². The van der Waals surface area contributed by atoms with Crippen LogP contribution in [0.3, 0.4) is 0 Å². The molecule has 15 heavy (non-hydrogen) atoms. The van der Waals surface area contributed by atoms with Gasteiger partial charge in [0.1, 0.15) is 0 Å². The molecule has 1 atom stereocenters. The van der Waals surface area contributed by atoms with Gasteiger partial charge in [0.15, 0.2) is 0 Å². The van der Waals surface area contributed by atoms with E-state index >= 15 is 0 Å². The van der Waals surface area contributed by atoms with Gasteiger partial charge < -0.3 is 4.74 Å². The van der Waals surface area contributed by atoms with Gasteiger partial charge in [-0.25, -0.2) is 0 Å². The van der Waals surface area contributed by atoms with Gasteiger partial charge in [-0.05, 0) is 19.8 Å². The Bertz CT molecular complexity index is 155.